The summed E-state index contributed by atoms with van der Waals surface area (Å²) in [5.41, 5.74) is 5.89. The average molecular weight is 436 g/mol. The smallest absolute Gasteiger partial charge is 0.245 e. The van der Waals surface area contributed by atoms with Gasteiger partial charge in [0.2, 0.25) is 5.91 Å². The van der Waals surface area contributed by atoms with Crippen molar-refractivity contribution in [2.24, 2.45) is 0 Å². The van der Waals surface area contributed by atoms with Crippen LogP contribution in [0.5, 0.6) is 0 Å². The number of carbonyl (C=O) groups excluding carboxylic acids is 1. The summed E-state index contributed by atoms with van der Waals surface area (Å²) in [6.45, 7) is 0. The van der Waals surface area contributed by atoms with Crippen molar-refractivity contribution in [1.29, 1.82) is 0 Å². The van der Waals surface area contributed by atoms with Gasteiger partial charge in [-0.25, -0.2) is 9.87 Å². The van der Waals surface area contributed by atoms with Gasteiger partial charge in [0.15, 0.2) is 0 Å². The lowest BCUT2D eigenvalue weighted by atomic mass is 9.92. The molecule has 1 aromatic heterocycles. The third kappa shape index (κ3) is 5.02. The zero-order chi connectivity index (χ0) is 22.7. The van der Waals surface area contributed by atoms with Crippen molar-refractivity contribution in [3.8, 4) is 11.1 Å². The highest BCUT2D eigenvalue weighted by atomic mass is 19.1. The molecule has 0 bridgehead atoms. The number of carbonyl (C=O) groups is 1. The number of para-hydroxylation sites is 1. The van der Waals surface area contributed by atoms with E-state index in [4.69, 9.17) is 10.2 Å². The summed E-state index contributed by atoms with van der Waals surface area (Å²) in [4.78, 5) is 16.1. The van der Waals surface area contributed by atoms with Gasteiger partial charge in [-0.1, -0.05) is 42.5 Å². The molecule has 2 unspecified atom stereocenters. The Morgan fingerprint density at radius 3 is 2.56 bits per heavy atom. The summed E-state index contributed by atoms with van der Waals surface area (Å²) in [6, 6.07) is 14.1. The normalized spacial score (nSPS) is 15.8. The summed E-state index contributed by atoms with van der Waals surface area (Å²) in [5.74, 6) is -0.709. The molecule has 2 aromatic carbocycles. The van der Waals surface area contributed by atoms with Gasteiger partial charge in [-0.15, -0.1) is 0 Å². The van der Waals surface area contributed by atoms with E-state index in [2.05, 4.69) is 0 Å². The molecular weight excluding hydrogens is 411 g/mol. The molecule has 3 aromatic rings. The van der Waals surface area contributed by atoms with E-state index < -0.39 is 18.1 Å². The van der Waals surface area contributed by atoms with Crippen LogP contribution in [0.3, 0.4) is 0 Å². The Morgan fingerprint density at radius 2 is 1.88 bits per heavy atom. The zero-order valence-electron chi connectivity index (χ0n) is 17.4. The highest BCUT2D eigenvalue weighted by molar-refractivity contribution is 5.99. The Bertz CT molecular complexity index is 1140. The van der Waals surface area contributed by atoms with Gasteiger partial charge in [0.1, 0.15) is 5.82 Å². The second-order valence-corrected chi connectivity index (χ2v) is 8.14. The van der Waals surface area contributed by atoms with Gasteiger partial charge < -0.3 is 10.2 Å². The number of amides is 1. The molecule has 2 atom stereocenters. The molecule has 0 aliphatic heterocycles. The summed E-state index contributed by atoms with van der Waals surface area (Å²) < 4.78 is 13.6. The number of halogens is 1. The number of aliphatic hydroxyl groups is 2. The maximum atomic E-state index is 13.6. The lowest BCUT2D eigenvalue weighted by Crippen LogP contribution is -2.26. The van der Waals surface area contributed by atoms with E-state index in [9.17, 15) is 19.4 Å². The third-order valence-electron chi connectivity index (χ3n) is 5.60. The minimum absolute atomic E-state index is 0.0599. The number of benzene rings is 2. The molecule has 4 N–H and O–H groups in total. The van der Waals surface area contributed by atoms with Crippen LogP contribution in [0.2, 0.25) is 0 Å². The molecule has 1 aliphatic rings. The second-order valence-electron chi connectivity index (χ2n) is 8.14. The second kappa shape index (κ2) is 9.56. The highest BCUT2D eigenvalue weighted by Crippen LogP contribution is 2.45. The standard InChI is InChI=1S/C25H25FN2O4/c26-17-9-7-15(8-10-17)24-20-3-1-2-4-22(20)27-25(16-5-6-16)21(24)12-11-18(29)13-19(30)14-23(31)28-32/h1-4,7-12,16,18-19,29-30,32H,5-6,13-14H2,(H,28,31). The van der Waals surface area contributed by atoms with E-state index in [0.717, 1.165) is 46.1 Å². The van der Waals surface area contributed by atoms with E-state index in [1.165, 1.54) is 17.6 Å². The first-order valence-electron chi connectivity index (χ1n) is 10.6. The van der Waals surface area contributed by atoms with Crippen LogP contribution >= 0.6 is 0 Å². The van der Waals surface area contributed by atoms with Gasteiger partial charge >= 0.3 is 0 Å². The Morgan fingerprint density at radius 1 is 1.16 bits per heavy atom. The fourth-order valence-corrected chi connectivity index (χ4v) is 3.92. The lowest BCUT2D eigenvalue weighted by Gasteiger charge is -2.16. The molecule has 0 spiro atoms. The van der Waals surface area contributed by atoms with Crippen molar-refractivity contribution in [3.05, 3.63) is 71.7 Å². The van der Waals surface area contributed by atoms with Crippen molar-refractivity contribution in [1.82, 2.24) is 10.5 Å². The third-order valence-corrected chi connectivity index (χ3v) is 5.60. The lowest BCUT2D eigenvalue weighted by molar-refractivity contribution is -0.131. The SMILES string of the molecule is O=C(CC(O)CC(O)C=Cc1c(C2CC2)nc2ccccc2c1-c1ccc(F)cc1)NO. The Hall–Kier alpha value is -3.13. The molecule has 0 saturated heterocycles. The summed E-state index contributed by atoms with van der Waals surface area (Å²) in [6.07, 6.45) is 2.97. The van der Waals surface area contributed by atoms with Crippen LogP contribution in [0.4, 0.5) is 4.39 Å². The van der Waals surface area contributed by atoms with Crippen LogP contribution < -0.4 is 5.48 Å². The Balaban J connectivity index is 1.75. The highest BCUT2D eigenvalue weighted by Gasteiger charge is 2.29. The summed E-state index contributed by atoms with van der Waals surface area (Å²) >= 11 is 0. The van der Waals surface area contributed by atoms with E-state index in [1.54, 1.807) is 24.3 Å². The van der Waals surface area contributed by atoms with E-state index in [-0.39, 0.29) is 18.7 Å². The molecule has 1 fully saturated rings. The molecule has 166 valence electrons. The average Bonchev–Trinajstić information content (AvgIpc) is 3.62. The molecule has 7 heteroatoms. The van der Waals surface area contributed by atoms with E-state index in [1.807, 2.05) is 24.3 Å². The van der Waals surface area contributed by atoms with Crippen LogP contribution in [0.1, 0.15) is 42.9 Å². The number of pyridine rings is 1. The summed E-state index contributed by atoms with van der Waals surface area (Å²) in [5, 5.41) is 29.9. The number of hydroxylamine groups is 1. The quantitative estimate of drug-likeness (QED) is 0.316. The van der Waals surface area contributed by atoms with Crippen molar-refractivity contribution in [2.45, 2.75) is 43.8 Å². The molecular formula is C25H25FN2O4. The number of aliphatic hydroxyl groups excluding tert-OH is 2. The Kier molecular flexibility index (Phi) is 6.60. The molecule has 32 heavy (non-hydrogen) atoms. The van der Waals surface area contributed by atoms with Gasteiger partial charge in [-0.3, -0.25) is 15.0 Å². The van der Waals surface area contributed by atoms with Crippen molar-refractivity contribution >= 4 is 22.9 Å². The van der Waals surface area contributed by atoms with Crippen molar-refractivity contribution in [2.75, 3.05) is 0 Å². The van der Waals surface area contributed by atoms with E-state index in [0.29, 0.717) is 5.92 Å². The first-order chi connectivity index (χ1) is 15.5. The van der Waals surface area contributed by atoms with Crippen LogP contribution in [0.25, 0.3) is 28.1 Å². The number of aromatic nitrogens is 1. The largest absolute Gasteiger partial charge is 0.392 e. The fraction of sp³-hybridized carbons (Fsp3) is 0.280. The van der Waals surface area contributed by atoms with Gasteiger partial charge in [0.25, 0.3) is 0 Å². The molecule has 1 aliphatic carbocycles. The number of fused-ring (bicyclic) bond motifs is 1. The van der Waals surface area contributed by atoms with Crippen molar-refractivity contribution < 1.29 is 24.6 Å². The molecule has 6 nitrogen and oxygen atoms in total. The van der Waals surface area contributed by atoms with Crippen LogP contribution in [0.15, 0.2) is 54.6 Å². The van der Waals surface area contributed by atoms with Gasteiger partial charge in [0.05, 0.1) is 29.8 Å². The molecule has 1 heterocycles. The van der Waals surface area contributed by atoms with Gasteiger partial charge in [-0.2, -0.15) is 0 Å². The number of hydrogen-bond acceptors (Lipinski definition) is 5. The first-order valence-corrected chi connectivity index (χ1v) is 10.6. The molecule has 1 saturated carbocycles. The molecule has 0 radical (unpaired) electrons. The predicted octanol–water partition coefficient (Wildman–Crippen LogP) is 3.94. The molecule has 1 amide bonds. The monoisotopic (exact) mass is 436 g/mol. The summed E-state index contributed by atoms with van der Waals surface area (Å²) in [7, 11) is 0. The molecule has 4 rings (SSSR count). The minimum atomic E-state index is -1.10. The van der Waals surface area contributed by atoms with Crippen LogP contribution in [-0.4, -0.2) is 38.5 Å². The minimum Gasteiger partial charge on any atom is -0.392 e. The zero-order valence-corrected chi connectivity index (χ0v) is 17.4. The predicted molar refractivity (Wildman–Crippen MR) is 119 cm³/mol. The van der Waals surface area contributed by atoms with Crippen molar-refractivity contribution in [3.63, 3.8) is 0 Å². The topological polar surface area (TPSA) is 103 Å². The number of hydrogen-bond donors (Lipinski definition) is 4. The number of rotatable bonds is 8. The van der Waals surface area contributed by atoms with E-state index >= 15 is 0 Å². The number of nitrogens with one attached hydrogen (secondary N) is 1. The number of nitrogens with zero attached hydrogens (tertiary/aromatic N) is 1. The van der Waals surface area contributed by atoms with Crippen LogP contribution in [-0.2, 0) is 4.79 Å². The van der Waals surface area contributed by atoms with Gasteiger partial charge in [-0.05, 0) is 36.6 Å². The maximum Gasteiger partial charge on any atom is 0.245 e. The maximum absolute atomic E-state index is 13.6. The van der Waals surface area contributed by atoms with Crippen LogP contribution in [0, 0.1) is 5.82 Å². The van der Waals surface area contributed by atoms with Gasteiger partial charge in [0, 0.05) is 28.9 Å². The first kappa shape index (κ1) is 22.1. The Labute approximate surface area is 185 Å². The fourth-order valence-electron chi connectivity index (χ4n) is 3.92.